The first-order valence-electron chi connectivity index (χ1n) is 6.64. The molecule has 0 bridgehead atoms. The highest BCUT2D eigenvalue weighted by molar-refractivity contribution is 5.75. The summed E-state index contributed by atoms with van der Waals surface area (Å²) >= 11 is 0. The third-order valence-corrected chi connectivity index (χ3v) is 2.91. The average Bonchev–Trinajstić information content (AvgIpc) is 2.27. The number of hydrogen-bond donors (Lipinski definition) is 1. The Balaban J connectivity index is 2.63. The van der Waals surface area contributed by atoms with E-state index in [0.717, 1.165) is 0 Å². The van der Waals surface area contributed by atoms with Crippen molar-refractivity contribution in [2.45, 2.75) is 45.8 Å². The first kappa shape index (κ1) is 15.8. The number of likely N-dealkylation sites (tertiary alicyclic amines) is 1. The Kier molecular flexibility index (Phi) is 5.17. The summed E-state index contributed by atoms with van der Waals surface area (Å²) < 4.78 is 10.3. The molecule has 0 aromatic heterocycles. The zero-order valence-electron chi connectivity index (χ0n) is 12.1. The van der Waals surface area contributed by atoms with Crippen molar-refractivity contribution in [3.8, 4) is 0 Å². The Hall–Kier alpha value is -1.30. The molecular weight excluding hydrogens is 248 g/mol. The van der Waals surface area contributed by atoms with Crippen LogP contribution < -0.4 is 5.73 Å². The summed E-state index contributed by atoms with van der Waals surface area (Å²) in [6.45, 7) is 8.25. The minimum atomic E-state index is -0.546. The van der Waals surface area contributed by atoms with Gasteiger partial charge in [-0.1, -0.05) is 0 Å². The van der Waals surface area contributed by atoms with E-state index >= 15 is 0 Å². The summed E-state index contributed by atoms with van der Waals surface area (Å²) in [6.07, 6.45) is 0.164. The van der Waals surface area contributed by atoms with E-state index in [1.807, 2.05) is 20.8 Å². The molecule has 6 nitrogen and oxygen atoms in total. The van der Waals surface area contributed by atoms with Gasteiger partial charge in [0.2, 0.25) is 0 Å². The van der Waals surface area contributed by atoms with Crippen LogP contribution in [0.3, 0.4) is 0 Å². The molecule has 1 aliphatic heterocycles. The van der Waals surface area contributed by atoms with E-state index in [1.54, 1.807) is 6.92 Å². The molecule has 0 spiro atoms. The second kappa shape index (κ2) is 6.23. The van der Waals surface area contributed by atoms with Gasteiger partial charge in [-0.2, -0.15) is 0 Å². The Morgan fingerprint density at radius 3 is 2.53 bits per heavy atom. The molecule has 0 aliphatic carbocycles. The van der Waals surface area contributed by atoms with Gasteiger partial charge in [0.05, 0.1) is 12.5 Å². The number of carbonyl (C=O) groups is 2. The van der Waals surface area contributed by atoms with Gasteiger partial charge in [0.1, 0.15) is 5.60 Å². The monoisotopic (exact) mass is 272 g/mol. The van der Waals surface area contributed by atoms with Crippen LogP contribution in [0.4, 0.5) is 4.79 Å². The molecule has 1 unspecified atom stereocenters. The van der Waals surface area contributed by atoms with Crippen LogP contribution in [-0.4, -0.2) is 48.3 Å². The highest BCUT2D eigenvalue weighted by atomic mass is 16.6. The molecule has 19 heavy (non-hydrogen) atoms. The van der Waals surface area contributed by atoms with E-state index in [4.69, 9.17) is 15.2 Å². The Bertz CT molecular complexity index is 338. The number of ether oxygens (including phenoxy) is 2. The van der Waals surface area contributed by atoms with Crippen molar-refractivity contribution in [2.75, 3.05) is 19.7 Å². The fraction of sp³-hybridized carbons (Fsp3) is 0.846. The number of amides is 1. The van der Waals surface area contributed by atoms with Crippen molar-refractivity contribution in [2.24, 2.45) is 11.7 Å². The molecule has 1 saturated heterocycles. The van der Waals surface area contributed by atoms with Crippen molar-refractivity contribution >= 4 is 12.1 Å². The molecule has 1 rings (SSSR count). The molecule has 1 amide bonds. The van der Waals surface area contributed by atoms with Crippen LogP contribution in [-0.2, 0) is 14.3 Å². The quantitative estimate of drug-likeness (QED) is 0.762. The standard InChI is InChI=1S/C13H24N2O4/c1-5-18-11(16)9-8-15(7-6-10(9)14)12(17)19-13(2,3)4/h9-10H,5-8,14H2,1-4H3/t9?,10-/m0/s1. The lowest BCUT2D eigenvalue weighted by molar-refractivity contribution is -0.150. The summed E-state index contributed by atoms with van der Waals surface area (Å²) in [6, 6.07) is -0.266. The van der Waals surface area contributed by atoms with E-state index in [9.17, 15) is 9.59 Å². The molecule has 6 heteroatoms. The first-order valence-corrected chi connectivity index (χ1v) is 6.64. The maximum Gasteiger partial charge on any atom is 0.410 e. The smallest absolute Gasteiger partial charge is 0.410 e. The zero-order valence-corrected chi connectivity index (χ0v) is 12.1. The van der Waals surface area contributed by atoms with E-state index < -0.39 is 17.6 Å². The molecule has 110 valence electrons. The fourth-order valence-corrected chi connectivity index (χ4v) is 1.96. The van der Waals surface area contributed by atoms with Gasteiger partial charge in [-0.3, -0.25) is 4.79 Å². The van der Waals surface area contributed by atoms with Crippen molar-refractivity contribution in [1.29, 1.82) is 0 Å². The number of nitrogens with two attached hydrogens (primary N) is 1. The number of nitrogens with zero attached hydrogens (tertiary/aromatic N) is 1. The average molecular weight is 272 g/mol. The van der Waals surface area contributed by atoms with Gasteiger partial charge < -0.3 is 20.1 Å². The number of esters is 1. The predicted octanol–water partition coefficient (Wildman–Crippen LogP) is 1.13. The number of carbonyl (C=O) groups excluding carboxylic acids is 2. The van der Waals surface area contributed by atoms with E-state index in [-0.39, 0.29) is 18.6 Å². The molecule has 0 radical (unpaired) electrons. The maximum absolute atomic E-state index is 12.0. The summed E-state index contributed by atoms with van der Waals surface area (Å²) in [4.78, 5) is 25.3. The minimum Gasteiger partial charge on any atom is -0.466 e. The lowest BCUT2D eigenvalue weighted by Crippen LogP contribution is -2.53. The second-order valence-corrected chi connectivity index (χ2v) is 5.74. The van der Waals surface area contributed by atoms with Crippen LogP contribution >= 0.6 is 0 Å². The number of piperidine rings is 1. The highest BCUT2D eigenvalue weighted by Gasteiger charge is 2.36. The second-order valence-electron chi connectivity index (χ2n) is 5.74. The summed E-state index contributed by atoms with van der Waals surface area (Å²) in [5.74, 6) is -0.815. The topological polar surface area (TPSA) is 81.9 Å². The Morgan fingerprint density at radius 1 is 1.37 bits per heavy atom. The summed E-state index contributed by atoms with van der Waals surface area (Å²) in [5.41, 5.74) is 5.37. The fourth-order valence-electron chi connectivity index (χ4n) is 1.96. The van der Waals surface area contributed by atoms with Crippen LogP contribution in [0.2, 0.25) is 0 Å². The lowest BCUT2D eigenvalue weighted by Gasteiger charge is -2.36. The van der Waals surface area contributed by atoms with E-state index in [1.165, 1.54) is 4.90 Å². The first-order chi connectivity index (χ1) is 8.74. The lowest BCUT2D eigenvalue weighted by atomic mass is 9.93. The highest BCUT2D eigenvalue weighted by Crippen LogP contribution is 2.19. The van der Waals surface area contributed by atoms with E-state index in [2.05, 4.69) is 0 Å². The Labute approximate surface area is 114 Å². The van der Waals surface area contributed by atoms with Crippen LogP contribution in [0.15, 0.2) is 0 Å². The maximum atomic E-state index is 12.0. The van der Waals surface area contributed by atoms with Crippen molar-refractivity contribution in [3.63, 3.8) is 0 Å². The molecule has 2 N–H and O–H groups in total. The molecule has 0 aromatic carbocycles. The molecule has 0 saturated carbocycles. The van der Waals surface area contributed by atoms with Crippen LogP contribution in [0, 0.1) is 5.92 Å². The van der Waals surface area contributed by atoms with Gasteiger partial charge >= 0.3 is 12.1 Å². The van der Waals surface area contributed by atoms with Gasteiger partial charge in [0, 0.05) is 19.1 Å². The van der Waals surface area contributed by atoms with Gasteiger partial charge in [-0.25, -0.2) is 4.79 Å². The van der Waals surface area contributed by atoms with Crippen molar-refractivity contribution < 1.29 is 19.1 Å². The van der Waals surface area contributed by atoms with Crippen LogP contribution in [0.25, 0.3) is 0 Å². The molecule has 1 aliphatic rings. The molecule has 1 heterocycles. The molecule has 1 fully saturated rings. The van der Waals surface area contributed by atoms with Crippen molar-refractivity contribution in [1.82, 2.24) is 4.90 Å². The summed E-state index contributed by atoms with van der Waals surface area (Å²) in [5, 5.41) is 0. The predicted molar refractivity (Wildman–Crippen MR) is 70.5 cm³/mol. The van der Waals surface area contributed by atoms with Crippen LogP contribution in [0.1, 0.15) is 34.1 Å². The van der Waals surface area contributed by atoms with Gasteiger partial charge in [-0.05, 0) is 34.1 Å². The third kappa shape index (κ3) is 4.70. The minimum absolute atomic E-state index is 0.259. The normalized spacial score (nSPS) is 23.9. The zero-order chi connectivity index (χ0) is 14.6. The van der Waals surface area contributed by atoms with Gasteiger partial charge in [-0.15, -0.1) is 0 Å². The van der Waals surface area contributed by atoms with Crippen molar-refractivity contribution in [3.05, 3.63) is 0 Å². The number of rotatable bonds is 2. The van der Waals surface area contributed by atoms with E-state index in [0.29, 0.717) is 19.6 Å². The SMILES string of the molecule is CCOC(=O)C1CN(C(=O)OC(C)(C)C)CC[C@@H]1N. The molecular formula is C13H24N2O4. The van der Waals surface area contributed by atoms with Gasteiger partial charge in [0.15, 0.2) is 0 Å². The summed E-state index contributed by atoms with van der Waals surface area (Å²) in [7, 11) is 0. The molecule has 2 atom stereocenters. The number of hydrogen-bond acceptors (Lipinski definition) is 5. The Morgan fingerprint density at radius 2 is 2.00 bits per heavy atom. The van der Waals surface area contributed by atoms with Crippen LogP contribution in [0.5, 0.6) is 0 Å². The third-order valence-electron chi connectivity index (χ3n) is 2.91. The van der Waals surface area contributed by atoms with Gasteiger partial charge in [0.25, 0.3) is 0 Å². The molecule has 0 aromatic rings. The largest absolute Gasteiger partial charge is 0.466 e.